The highest BCUT2D eigenvalue weighted by Gasteiger charge is 2.16. The number of rotatable bonds is 5. The molecule has 0 saturated carbocycles. The van der Waals surface area contributed by atoms with Gasteiger partial charge in [0.05, 0.1) is 6.04 Å². The van der Waals surface area contributed by atoms with Crippen LogP contribution in [-0.4, -0.2) is 0 Å². The van der Waals surface area contributed by atoms with Gasteiger partial charge in [-0.25, -0.2) is 0 Å². The maximum absolute atomic E-state index is 4.12. The summed E-state index contributed by atoms with van der Waals surface area (Å²) in [7, 11) is 0. The monoisotopic (exact) mass is 327 g/mol. The third-order valence-electron chi connectivity index (χ3n) is 3.34. The Balaban J connectivity index is 2.40. The summed E-state index contributed by atoms with van der Waals surface area (Å²) in [5.41, 5.74) is 4.44. The molecule has 0 radical (unpaired) electrons. The van der Waals surface area contributed by atoms with E-state index in [2.05, 4.69) is 65.6 Å². The molecular formula is C18H18BrN. The zero-order chi connectivity index (χ0) is 14.5. The number of anilines is 1. The fraction of sp³-hybridized carbons (Fsp3) is 0.111. The maximum atomic E-state index is 4.12. The van der Waals surface area contributed by atoms with E-state index in [1.54, 1.807) is 6.08 Å². The van der Waals surface area contributed by atoms with Gasteiger partial charge < -0.3 is 5.32 Å². The molecule has 1 nitrogen and oxygen atoms in total. The Bertz CT molecular complexity index is 617. The molecule has 0 aliphatic heterocycles. The second-order valence-electron chi connectivity index (χ2n) is 4.68. The molecule has 0 aliphatic rings. The number of benzene rings is 2. The van der Waals surface area contributed by atoms with E-state index in [0.29, 0.717) is 0 Å². The molecule has 0 aliphatic carbocycles. The lowest BCUT2D eigenvalue weighted by Gasteiger charge is -2.23. The van der Waals surface area contributed by atoms with Crippen molar-refractivity contribution in [2.45, 2.75) is 13.0 Å². The minimum absolute atomic E-state index is 0.0207. The zero-order valence-electron chi connectivity index (χ0n) is 11.6. The van der Waals surface area contributed by atoms with Crippen molar-refractivity contribution in [3.05, 3.63) is 88.9 Å². The van der Waals surface area contributed by atoms with E-state index in [1.807, 2.05) is 24.3 Å². The smallest absolute Gasteiger partial charge is 0.0764 e. The molecule has 1 atom stereocenters. The van der Waals surface area contributed by atoms with E-state index >= 15 is 0 Å². The molecule has 2 aromatic carbocycles. The van der Waals surface area contributed by atoms with E-state index in [1.165, 1.54) is 11.1 Å². The van der Waals surface area contributed by atoms with Crippen LogP contribution in [0.2, 0.25) is 0 Å². The molecule has 0 aromatic heterocycles. The van der Waals surface area contributed by atoms with Crippen LogP contribution in [0.3, 0.4) is 0 Å². The SMILES string of the molecule is C=CC(=C)C(Nc1ccccc1)c1cccc(Br)c1C. The summed E-state index contributed by atoms with van der Waals surface area (Å²) >= 11 is 3.59. The lowest BCUT2D eigenvalue weighted by molar-refractivity contribution is 0.929. The van der Waals surface area contributed by atoms with Crippen LogP contribution in [-0.2, 0) is 0 Å². The van der Waals surface area contributed by atoms with Crippen molar-refractivity contribution >= 4 is 21.6 Å². The summed E-state index contributed by atoms with van der Waals surface area (Å²) in [5.74, 6) is 0. The van der Waals surface area contributed by atoms with Gasteiger partial charge in [0.1, 0.15) is 0 Å². The highest BCUT2D eigenvalue weighted by Crippen LogP contribution is 2.31. The van der Waals surface area contributed by atoms with E-state index in [9.17, 15) is 0 Å². The summed E-state index contributed by atoms with van der Waals surface area (Å²) in [6, 6.07) is 16.4. The van der Waals surface area contributed by atoms with Gasteiger partial charge in [-0.3, -0.25) is 0 Å². The summed E-state index contributed by atoms with van der Waals surface area (Å²) < 4.78 is 1.10. The molecule has 20 heavy (non-hydrogen) atoms. The van der Waals surface area contributed by atoms with Gasteiger partial charge in [0, 0.05) is 10.2 Å². The van der Waals surface area contributed by atoms with Crippen molar-refractivity contribution in [3.8, 4) is 0 Å². The molecule has 1 unspecified atom stereocenters. The van der Waals surface area contributed by atoms with Crippen LogP contribution in [0.1, 0.15) is 17.2 Å². The van der Waals surface area contributed by atoms with Crippen molar-refractivity contribution < 1.29 is 0 Å². The first-order chi connectivity index (χ1) is 9.63. The Hall–Kier alpha value is -1.80. The van der Waals surface area contributed by atoms with Gasteiger partial charge in [0.15, 0.2) is 0 Å². The molecule has 2 heteroatoms. The normalized spacial score (nSPS) is 11.7. The Morgan fingerprint density at radius 1 is 1.15 bits per heavy atom. The third-order valence-corrected chi connectivity index (χ3v) is 4.20. The summed E-state index contributed by atoms with van der Waals surface area (Å²) in [6.07, 6.45) is 1.81. The van der Waals surface area contributed by atoms with Gasteiger partial charge >= 0.3 is 0 Å². The van der Waals surface area contributed by atoms with Gasteiger partial charge in [0.2, 0.25) is 0 Å². The topological polar surface area (TPSA) is 12.0 Å². The Morgan fingerprint density at radius 2 is 1.85 bits per heavy atom. The molecule has 0 bridgehead atoms. The second-order valence-corrected chi connectivity index (χ2v) is 5.53. The highest BCUT2D eigenvalue weighted by molar-refractivity contribution is 9.10. The van der Waals surface area contributed by atoms with E-state index < -0.39 is 0 Å². The van der Waals surface area contributed by atoms with Crippen molar-refractivity contribution in [2.75, 3.05) is 5.32 Å². The molecule has 0 fully saturated rings. The van der Waals surface area contributed by atoms with Crippen LogP contribution in [0, 0.1) is 6.92 Å². The van der Waals surface area contributed by atoms with Gasteiger partial charge in [-0.05, 0) is 41.8 Å². The van der Waals surface area contributed by atoms with Gasteiger partial charge in [-0.15, -0.1) is 0 Å². The quantitative estimate of drug-likeness (QED) is 0.699. The van der Waals surface area contributed by atoms with Crippen LogP contribution in [0.4, 0.5) is 5.69 Å². The van der Waals surface area contributed by atoms with E-state index in [0.717, 1.165) is 15.7 Å². The molecule has 0 heterocycles. The molecule has 1 N–H and O–H groups in total. The molecule has 0 amide bonds. The van der Waals surface area contributed by atoms with Crippen LogP contribution >= 0.6 is 15.9 Å². The van der Waals surface area contributed by atoms with Crippen LogP contribution in [0.15, 0.2) is 77.8 Å². The second kappa shape index (κ2) is 6.58. The molecule has 102 valence electrons. The number of halogens is 1. The third kappa shape index (κ3) is 3.20. The van der Waals surface area contributed by atoms with Crippen molar-refractivity contribution in [3.63, 3.8) is 0 Å². The average Bonchev–Trinajstić information content (AvgIpc) is 2.48. The standard InChI is InChI=1S/C18H18BrN/c1-4-13(2)18(20-15-9-6-5-7-10-15)16-11-8-12-17(19)14(16)3/h4-12,18,20H,1-2H2,3H3. The summed E-state index contributed by atoms with van der Waals surface area (Å²) in [6.45, 7) is 10.1. The minimum Gasteiger partial charge on any atom is -0.374 e. The number of hydrogen-bond donors (Lipinski definition) is 1. The van der Waals surface area contributed by atoms with E-state index in [4.69, 9.17) is 0 Å². The first-order valence-electron chi connectivity index (χ1n) is 6.51. The predicted molar refractivity (Wildman–Crippen MR) is 91.0 cm³/mol. The fourth-order valence-corrected chi connectivity index (χ4v) is 2.51. The van der Waals surface area contributed by atoms with Crippen molar-refractivity contribution in [1.29, 1.82) is 0 Å². The maximum Gasteiger partial charge on any atom is 0.0764 e. The molecule has 2 aromatic rings. The van der Waals surface area contributed by atoms with E-state index in [-0.39, 0.29) is 6.04 Å². The fourth-order valence-electron chi connectivity index (χ4n) is 2.13. The van der Waals surface area contributed by atoms with Gasteiger partial charge in [-0.2, -0.15) is 0 Å². The summed E-state index contributed by atoms with van der Waals surface area (Å²) in [4.78, 5) is 0. The molecule has 0 spiro atoms. The Labute approximate surface area is 129 Å². The zero-order valence-corrected chi connectivity index (χ0v) is 13.2. The van der Waals surface area contributed by atoms with Crippen LogP contribution in [0.25, 0.3) is 0 Å². The van der Waals surface area contributed by atoms with Crippen molar-refractivity contribution in [2.24, 2.45) is 0 Å². The number of hydrogen-bond acceptors (Lipinski definition) is 1. The molecular weight excluding hydrogens is 310 g/mol. The van der Waals surface area contributed by atoms with Gasteiger partial charge in [-0.1, -0.05) is 65.5 Å². The minimum atomic E-state index is 0.0207. The van der Waals surface area contributed by atoms with Gasteiger partial charge in [0.25, 0.3) is 0 Å². The number of nitrogens with one attached hydrogen (secondary N) is 1. The summed E-state index contributed by atoms with van der Waals surface area (Å²) in [5, 5.41) is 3.52. The Kier molecular flexibility index (Phi) is 4.80. The molecule has 0 saturated heterocycles. The van der Waals surface area contributed by atoms with Crippen LogP contribution in [0.5, 0.6) is 0 Å². The lowest BCUT2D eigenvalue weighted by atomic mass is 9.95. The largest absolute Gasteiger partial charge is 0.374 e. The van der Waals surface area contributed by atoms with Crippen LogP contribution < -0.4 is 5.32 Å². The average molecular weight is 328 g/mol. The lowest BCUT2D eigenvalue weighted by Crippen LogP contribution is -2.13. The highest BCUT2D eigenvalue weighted by atomic mass is 79.9. The number of para-hydroxylation sites is 1. The first kappa shape index (κ1) is 14.6. The Morgan fingerprint density at radius 3 is 2.50 bits per heavy atom. The van der Waals surface area contributed by atoms with Crippen molar-refractivity contribution in [1.82, 2.24) is 0 Å². The molecule has 2 rings (SSSR count). The predicted octanol–water partition coefficient (Wildman–Crippen LogP) is 5.65. The first-order valence-corrected chi connectivity index (χ1v) is 7.30.